The minimum Gasteiger partial charge on any atom is -0.128 e. The number of rotatable bonds is 0. The zero-order valence-electron chi connectivity index (χ0n) is 3.57. The lowest BCUT2D eigenvalue weighted by Gasteiger charge is -2.16. The van der Waals surface area contributed by atoms with Crippen LogP contribution in [0.25, 0.3) is 0 Å². The van der Waals surface area contributed by atoms with Gasteiger partial charge in [-0.15, -0.1) is 10.9 Å². The summed E-state index contributed by atoms with van der Waals surface area (Å²) in [6.45, 7) is 0. The van der Waals surface area contributed by atoms with Crippen LogP contribution in [0.5, 0.6) is 0 Å². The van der Waals surface area contributed by atoms with E-state index in [1.54, 1.807) is 0 Å². The number of hydrogen-bond acceptors (Lipinski definition) is 0. The maximum atomic E-state index is 5.28. The maximum Gasteiger partial charge on any atom is 0.106 e. The van der Waals surface area contributed by atoms with Gasteiger partial charge in [0.05, 0.1) is 0 Å². The van der Waals surface area contributed by atoms with Gasteiger partial charge < -0.3 is 0 Å². The van der Waals surface area contributed by atoms with Crippen LogP contribution in [0.3, 0.4) is 0 Å². The second-order valence-corrected chi connectivity index (χ2v) is 1.55. The van der Waals surface area contributed by atoms with E-state index in [0.717, 1.165) is 23.8 Å². The van der Waals surface area contributed by atoms with Gasteiger partial charge in [-0.2, -0.15) is 0 Å². The lowest BCUT2D eigenvalue weighted by atomic mass is 9.68. The van der Waals surface area contributed by atoms with Crippen molar-refractivity contribution in [3.63, 3.8) is 0 Å². The smallest absolute Gasteiger partial charge is 0.106 e. The van der Waals surface area contributed by atoms with Crippen molar-refractivity contribution in [1.29, 1.82) is 0 Å². The van der Waals surface area contributed by atoms with E-state index in [9.17, 15) is 0 Å². The molecule has 0 aromatic rings. The molecular formula is C4H4B2. The predicted octanol–water partition coefficient (Wildman–Crippen LogP) is 0.329. The van der Waals surface area contributed by atoms with Crippen molar-refractivity contribution in [3.8, 4) is 0 Å². The fourth-order valence-electron chi connectivity index (χ4n) is 0.414. The van der Waals surface area contributed by atoms with Crippen molar-refractivity contribution in [1.82, 2.24) is 0 Å². The monoisotopic (exact) mass is 74.0 g/mol. The molecule has 2 heteroatoms. The second kappa shape index (κ2) is 1.18. The molecule has 1 rings (SSSR count). The standard InChI is InChI=1S/C4H4B2/c5-3-1-2-4(3)6/h1-2H2. The van der Waals surface area contributed by atoms with Gasteiger partial charge >= 0.3 is 0 Å². The third-order valence-electron chi connectivity index (χ3n) is 1.08. The third-order valence-corrected chi connectivity index (χ3v) is 1.08. The molecule has 1 aliphatic carbocycles. The molecule has 0 saturated heterocycles. The molecule has 0 aromatic carbocycles. The highest BCUT2D eigenvalue weighted by Gasteiger charge is 2.03. The molecule has 4 radical (unpaired) electrons. The van der Waals surface area contributed by atoms with Crippen LogP contribution < -0.4 is 0 Å². The SMILES string of the molecule is [B]C1=C([B])CC1. The summed E-state index contributed by atoms with van der Waals surface area (Å²) >= 11 is 0. The molecule has 0 bridgehead atoms. The summed E-state index contributed by atoms with van der Waals surface area (Å²) in [6, 6.07) is 0. The second-order valence-electron chi connectivity index (χ2n) is 1.55. The van der Waals surface area contributed by atoms with Gasteiger partial charge in [0.2, 0.25) is 0 Å². The average molecular weight is 73.7 g/mol. The molecule has 1 aliphatic rings. The third kappa shape index (κ3) is 0.405. The molecule has 0 spiro atoms. The van der Waals surface area contributed by atoms with E-state index in [-0.39, 0.29) is 0 Å². The summed E-state index contributed by atoms with van der Waals surface area (Å²) in [5.41, 5.74) is 1.77. The lowest BCUT2D eigenvalue weighted by molar-refractivity contribution is 0.912. The summed E-state index contributed by atoms with van der Waals surface area (Å²) in [5, 5.41) is 0. The van der Waals surface area contributed by atoms with Gasteiger partial charge in [0, 0.05) is 0 Å². The number of allylic oxidation sites excluding steroid dienone is 2. The Kier molecular flexibility index (Phi) is 0.793. The van der Waals surface area contributed by atoms with Crippen molar-refractivity contribution >= 4 is 15.7 Å². The Morgan fingerprint density at radius 2 is 1.33 bits per heavy atom. The molecule has 0 aromatic heterocycles. The van der Waals surface area contributed by atoms with Crippen LogP contribution in [0.15, 0.2) is 10.9 Å². The first-order valence-electron chi connectivity index (χ1n) is 2.03. The first-order valence-corrected chi connectivity index (χ1v) is 2.03. The largest absolute Gasteiger partial charge is 0.128 e. The molecule has 0 fully saturated rings. The highest BCUT2D eigenvalue weighted by atomic mass is 14.0. The Labute approximate surface area is 40.4 Å². The lowest BCUT2D eigenvalue weighted by Crippen LogP contribution is -2.02. The van der Waals surface area contributed by atoms with Crippen molar-refractivity contribution in [2.45, 2.75) is 12.8 Å². The van der Waals surface area contributed by atoms with E-state index >= 15 is 0 Å². The van der Waals surface area contributed by atoms with Crippen LogP contribution in [-0.4, -0.2) is 15.7 Å². The van der Waals surface area contributed by atoms with Gasteiger partial charge in [-0.05, 0) is 12.8 Å². The highest BCUT2D eigenvalue weighted by molar-refractivity contribution is 6.33. The van der Waals surface area contributed by atoms with E-state index in [1.807, 2.05) is 0 Å². The average Bonchev–Trinajstić information content (AvgIpc) is 1.61. The van der Waals surface area contributed by atoms with Gasteiger partial charge in [-0.25, -0.2) is 0 Å². The van der Waals surface area contributed by atoms with Gasteiger partial charge in [0.15, 0.2) is 0 Å². The molecule has 0 saturated carbocycles. The Morgan fingerprint density at radius 1 is 1.00 bits per heavy atom. The van der Waals surface area contributed by atoms with Crippen LogP contribution in [0.1, 0.15) is 12.8 Å². The predicted molar refractivity (Wildman–Crippen MR) is 27.8 cm³/mol. The summed E-state index contributed by atoms with van der Waals surface area (Å²) in [5.74, 6) is 0. The molecule has 6 heavy (non-hydrogen) atoms. The fourth-order valence-corrected chi connectivity index (χ4v) is 0.414. The number of hydrogen-bond donors (Lipinski definition) is 0. The van der Waals surface area contributed by atoms with Gasteiger partial charge in [0.1, 0.15) is 15.7 Å². The molecule has 0 atom stereocenters. The molecule has 26 valence electrons. The summed E-state index contributed by atoms with van der Waals surface area (Å²) in [7, 11) is 10.6. The Bertz CT molecular complexity index is 81.7. The molecule has 0 unspecified atom stereocenters. The normalized spacial score (nSPS) is 20.7. The van der Waals surface area contributed by atoms with E-state index in [4.69, 9.17) is 15.7 Å². The minimum atomic E-state index is 0.884. The highest BCUT2D eigenvalue weighted by Crippen LogP contribution is 2.20. The van der Waals surface area contributed by atoms with E-state index in [1.165, 1.54) is 0 Å². The molecule has 0 N–H and O–H groups in total. The van der Waals surface area contributed by atoms with E-state index in [0.29, 0.717) is 0 Å². The Morgan fingerprint density at radius 3 is 1.33 bits per heavy atom. The van der Waals surface area contributed by atoms with Crippen molar-refractivity contribution in [2.24, 2.45) is 0 Å². The Balaban J connectivity index is 2.66. The van der Waals surface area contributed by atoms with Crippen LogP contribution in [0, 0.1) is 0 Å². The van der Waals surface area contributed by atoms with Crippen LogP contribution in [-0.2, 0) is 0 Å². The van der Waals surface area contributed by atoms with Crippen molar-refractivity contribution in [2.75, 3.05) is 0 Å². The molecule has 0 nitrogen and oxygen atoms in total. The van der Waals surface area contributed by atoms with Crippen molar-refractivity contribution in [3.05, 3.63) is 10.9 Å². The molecule has 0 heterocycles. The first kappa shape index (κ1) is 4.04. The molecule has 0 aliphatic heterocycles. The zero-order valence-corrected chi connectivity index (χ0v) is 3.57. The molecule has 0 amide bonds. The van der Waals surface area contributed by atoms with Gasteiger partial charge in [-0.3, -0.25) is 0 Å². The van der Waals surface area contributed by atoms with Gasteiger partial charge in [-0.1, -0.05) is 0 Å². The maximum absolute atomic E-state index is 5.28. The van der Waals surface area contributed by atoms with Crippen LogP contribution in [0.2, 0.25) is 0 Å². The van der Waals surface area contributed by atoms with Gasteiger partial charge in [0.25, 0.3) is 0 Å². The van der Waals surface area contributed by atoms with E-state index < -0.39 is 0 Å². The summed E-state index contributed by atoms with van der Waals surface area (Å²) in [6.07, 6.45) is 2.01. The summed E-state index contributed by atoms with van der Waals surface area (Å²) < 4.78 is 0. The minimum absolute atomic E-state index is 0.884. The van der Waals surface area contributed by atoms with Crippen LogP contribution >= 0.6 is 0 Å². The van der Waals surface area contributed by atoms with Crippen LogP contribution in [0.4, 0.5) is 0 Å². The fraction of sp³-hybridized carbons (Fsp3) is 0.500. The van der Waals surface area contributed by atoms with E-state index in [2.05, 4.69) is 0 Å². The first-order chi connectivity index (χ1) is 2.80. The quantitative estimate of drug-likeness (QED) is 0.363. The topological polar surface area (TPSA) is 0 Å². The van der Waals surface area contributed by atoms with Crippen molar-refractivity contribution < 1.29 is 0 Å². The summed E-state index contributed by atoms with van der Waals surface area (Å²) in [4.78, 5) is 0. The molecular weight excluding hydrogens is 69.7 g/mol. The zero-order chi connectivity index (χ0) is 4.57. The Hall–Kier alpha value is -0.130.